The summed E-state index contributed by atoms with van der Waals surface area (Å²) in [5.41, 5.74) is 3.90. The maximum atomic E-state index is 12.9. The van der Waals surface area contributed by atoms with E-state index in [0.29, 0.717) is 26.4 Å². The molecule has 35 heavy (non-hydrogen) atoms. The van der Waals surface area contributed by atoms with Crippen molar-refractivity contribution >= 4 is 46.7 Å². The van der Waals surface area contributed by atoms with E-state index >= 15 is 0 Å². The average molecular weight is 520 g/mol. The number of halogens is 3. The number of para-hydroxylation sites is 1. The molecule has 0 saturated heterocycles. The van der Waals surface area contributed by atoms with Gasteiger partial charge < -0.3 is 4.42 Å². The van der Waals surface area contributed by atoms with Crippen molar-refractivity contribution in [1.29, 1.82) is 0 Å². The molecule has 0 saturated carbocycles. The molecular weight excluding hydrogens is 503 g/mol. The van der Waals surface area contributed by atoms with E-state index < -0.39 is 0 Å². The van der Waals surface area contributed by atoms with Gasteiger partial charge in [0.2, 0.25) is 5.78 Å². The summed E-state index contributed by atoms with van der Waals surface area (Å²) in [7, 11) is 0. The van der Waals surface area contributed by atoms with E-state index in [1.54, 1.807) is 41.1 Å². The summed E-state index contributed by atoms with van der Waals surface area (Å²) in [6, 6.07) is 25.7. The van der Waals surface area contributed by atoms with Gasteiger partial charge in [-0.05, 0) is 60.7 Å². The number of benzene rings is 3. The zero-order valence-electron chi connectivity index (χ0n) is 18.2. The SMILES string of the molecule is O=C(C=Cc1cn(-c2ccccc2)nc1-c1ccc(Cl)cc1)c1ccc(-c2cccc(Cl)c2Cl)o1. The largest absolute Gasteiger partial charge is 0.453 e. The third kappa shape index (κ3) is 4.96. The molecule has 2 aromatic heterocycles. The highest BCUT2D eigenvalue weighted by Crippen LogP contribution is 2.34. The maximum Gasteiger partial charge on any atom is 0.221 e. The normalized spacial score (nSPS) is 11.3. The fourth-order valence-corrected chi connectivity index (χ4v) is 4.13. The Hall–Kier alpha value is -3.57. The van der Waals surface area contributed by atoms with Gasteiger partial charge in [-0.3, -0.25) is 4.79 Å². The van der Waals surface area contributed by atoms with E-state index in [2.05, 4.69) is 0 Å². The number of ketones is 1. The molecule has 0 atom stereocenters. The van der Waals surface area contributed by atoms with Crippen LogP contribution in [0.25, 0.3) is 34.3 Å². The summed E-state index contributed by atoms with van der Waals surface area (Å²) in [5, 5.41) is 6.18. The molecule has 0 aliphatic rings. The number of allylic oxidation sites excluding steroid dienone is 1. The predicted molar refractivity (Wildman–Crippen MR) is 142 cm³/mol. The number of furan rings is 1. The Morgan fingerprint density at radius 1 is 0.857 bits per heavy atom. The molecule has 0 unspecified atom stereocenters. The molecule has 0 N–H and O–H groups in total. The van der Waals surface area contributed by atoms with Crippen LogP contribution in [-0.4, -0.2) is 15.6 Å². The summed E-state index contributed by atoms with van der Waals surface area (Å²) >= 11 is 18.5. The zero-order chi connectivity index (χ0) is 24.4. The second-order valence-electron chi connectivity index (χ2n) is 7.68. The van der Waals surface area contributed by atoms with Gasteiger partial charge in [0.15, 0.2) is 5.76 Å². The molecule has 0 spiro atoms. The van der Waals surface area contributed by atoms with Gasteiger partial charge in [-0.15, -0.1) is 0 Å². The predicted octanol–water partition coefficient (Wildman–Crippen LogP) is 8.66. The first-order valence-corrected chi connectivity index (χ1v) is 11.8. The summed E-state index contributed by atoms with van der Waals surface area (Å²) in [6.45, 7) is 0. The number of carbonyl (C=O) groups is 1. The van der Waals surface area contributed by atoms with Gasteiger partial charge in [-0.25, -0.2) is 4.68 Å². The Bertz CT molecular complexity index is 1530. The van der Waals surface area contributed by atoms with E-state index in [-0.39, 0.29) is 11.5 Å². The molecule has 0 radical (unpaired) electrons. The highest BCUT2D eigenvalue weighted by Gasteiger charge is 2.15. The van der Waals surface area contributed by atoms with Crippen molar-refractivity contribution in [2.45, 2.75) is 0 Å². The highest BCUT2D eigenvalue weighted by atomic mass is 35.5. The van der Waals surface area contributed by atoms with E-state index in [1.807, 2.05) is 60.8 Å². The van der Waals surface area contributed by atoms with Crippen LogP contribution in [0.3, 0.4) is 0 Å². The second-order valence-corrected chi connectivity index (χ2v) is 8.90. The number of hydrogen-bond acceptors (Lipinski definition) is 3. The van der Waals surface area contributed by atoms with Crippen molar-refractivity contribution in [2.24, 2.45) is 0 Å². The Labute approximate surface area is 217 Å². The van der Waals surface area contributed by atoms with Gasteiger partial charge >= 0.3 is 0 Å². The van der Waals surface area contributed by atoms with Crippen molar-refractivity contribution in [3.63, 3.8) is 0 Å². The van der Waals surface area contributed by atoms with Crippen LogP contribution in [0, 0.1) is 0 Å². The van der Waals surface area contributed by atoms with Crippen molar-refractivity contribution in [2.75, 3.05) is 0 Å². The molecule has 3 aromatic carbocycles. The molecule has 2 heterocycles. The Morgan fingerprint density at radius 3 is 2.40 bits per heavy atom. The van der Waals surface area contributed by atoms with Gasteiger partial charge in [-0.1, -0.05) is 71.2 Å². The lowest BCUT2D eigenvalue weighted by Gasteiger charge is -2.02. The van der Waals surface area contributed by atoms with E-state index in [4.69, 9.17) is 44.3 Å². The lowest BCUT2D eigenvalue weighted by Crippen LogP contribution is -1.93. The Morgan fingerprint density at radius 2 is 1.63 bits per heavy atom. The Kier molecular flexibility index (Phi) is 6.60. The monoisotopic (exact) mass is 518 g/mol. The minimum absolute atomic E-state index is 0.191. The van der Waals surface area contributed by atoms with Gasteiger partial charge in [0, 0.05) is 27.9 Å². The van der Waals surface area contributed by atoms with Crippen molar-refractivity contribution in [3.8, 4) is 28.3 Å². The lowest BCUT2D eigenvalue weighted by atomic mass is 10.1. The smallest absolute Gasteiger partial charge is 0.221 e. The van der Waals surface area contributed by atoms with Gasteiger partial charge in [0.1, 0.15) is 5.76 Å². The van der Waals surface area contributed by atoms with Crippen molar-refractivity contribution in [3.05, 3.63) is 124 Å². The van der Waals surface area contributed by atoms with Crippen LogP contribution in [0.5, 0.6) is 0 Å². The van der Waals surface area contributed by atoms with Crippen LogP contribution in [0.15, 0.2) is 102 Å². The average Bonchev–Trinajstić information content (AvgIpc) is 3.53. The quantitative estimate of drug-likeness (QED) is 0.167. The van der Waals surface area contributed by atoms with Gasteiger partial charge in [-0.2, -0.15) is 5.10 Å². The van der Waals surface area contributed by atoms with Crippen LogP contribution in [0.2, 0.25) is 15.1 Å². The van der Waals surface area contributed by atoms with Crippen molar-refractivity contribution in [1.82, 2.24) is 9.78 Å². The fraction of sp³-hybridized carbons (Fsp3) is 0. The first kappa shape index (κ1) is 23.2. The number of carbonyl (C=O) groups excluding carboxylic acids is 1. The molecule has 5 aromatic rings. The summed E-state index contributed by atoms with van der Waals surface area (Å²) in [6.07, 6.45) is 5.07. The summed E-state index contributed by atoms with van der Waals surface area (Å²) in [5.74, 6) is 0.368. The summed E-state index contributed by atoms with van der Waals surface area (Å²) in [4.78, 5) is 12.9. The maximum absolute atomic E-state index is 12.9. The molecule has 0 fully saturated rings. The molecule has 0 aliphatic carbocycles. The molecule has 0 aliphatic heterocycles. The fourth-order valence-electron chi connectivity index (χ4n) is 3.61. The number of aromatic nitrogens is 2. The first-order valence-electron chi connectivity index (χ1n) is 10.7. The summed E-state index contributed by atoms with van der Waals surface area (Å²) < 4.78 is 7.56. The zero-order valence-corrected chi connectivity index (χ0v) is 20.4. The standard InChI is InChI=1S/C28H17Cl3N2O2/c29-20-12-9-18(10-13-20)28-19(17-33(32-28)21-5-2-1-3-6-21)11-14-24(34)26-16-15-25(35-26)22-7-4-8-23(30)27(22)31/h1-17H. The van der Waals surface area contributed by atoms with Crippen LogP contribution in [-0.2, 0) is 0 Å². The van der Waals surface area contributed by atoms with Crippen LogP contribution >= 0.6 is 34.8 Å². The molecule has 5 rings (SSSR count). The lowest BCUT2D eigenvalue weighted by molar-refractivity contribution is 0.102. The topological polar surface area (TPSA) is 48.0 Å². The van der Waals surface area contributed by atoms with Crippen LogP contribution < -0.4 is 0 Å². The number of nitrogens with zero attached hydrogens (tertiary/aromatic N) is 2. The van der Waals surface area contributed by atoms with Gasteiger partial charge in [0.25, 0.3) is 0 Å². The first-order chi connectivity index (χ1) is 17.0. The molecule has 172 valence electrons. The van der Waals surface area contributed by atoms with E-state index in [9.17, 15) is 4.79 Å². The minimum atomic E-state index is -0.288. The molecule has 7 heteroatoms. The Balaban J connectivity index is 1.47. The minimum Gasteiger partial charge on any atom is -0.453 e. The van der Waals surface area contributed by atoms with E-state index in [1.165, 1.54) is 6.08 Å². The molecule has 0 amide bonds. The number of hydrogen-bond donors (Lipinski definition) is 0. The van der Waals surface area contributed by atoms with E-state index in [0.717, 1.165) is 22.5 Å². The number of rotatable bonds is 6. The van der Waals surface area contributed by atoms with Crippen molar-refractivity contribution < 1.29 is 9.21 Å². The second kappa shape index (κ2) is 9.96. The molecule has 0 bridgehead atoms. The van der Waals surface area contributed by atoms with Gasteiger partial charge in [0.05, 0.1) is 21.4 Å². The molecular formula is C28H17Cl3N2O2. The third-order valence-corrected chi connectivity index (χ3v) is 6.43. The van der Waals surface area contributed by atoms with Crippen LogP contribution in [0.4, 0.5) is 0 Å². The van der Waals surface area contributed by atoms with Crippen LogP contribution in [0.1, 0.15) is 16.1 Å². The third-order valence-electron chi connectivity index (χ3n) is 5.36. The highest BCUT2D eigenvalue weighted by molar-refractivity contribution is 6.43. The molecule has 4 nitrogen and oxygen atoms in total.